The van der Waals surface area contributed by atoms with Gasteiger partial charge in [0.1, 0.15) is 5.44 Å². The molecule has 7 heteroatoms. The number of rotatable bonds is 9. The summed E-state index contributed by atoms with van der Waals surface area (Å²) < 4.78 is 10.1. The monoisotopic (exact) mass is 321 g/mol. The summed E-state index contributed by atoms with van der Waals surface area (Å²) in [6.07, 6.45) is 4.23. The van der Waals surface area contributed by atoms with Crippen LogP contribution in [0.4, 0.5) is 0 Å². The van der Waals surface area contributed by atoms with E-state index in [0.717, 1.165) is 31.6 Å². The fourth-order valence-electron chi connectivity index (χ4n) is 1.68. The van der Waals surface area contributed by atoms with Crippen LogP contribution in [0.1, 0.15) is 25.7 Å². The first-order valence-electron chi connectivity index (χ1n) is 6.87. The Morgan fingerprint density at radius 2 is 2.20 bits per heavy atom. The minimum Gasteiger partial charge on any atom is -0.468 e. The standard InChI is InChI=1S/C13H23NO4S2/c1-17-12(16)10-19-8-4-6-14-11(15)9-20-13-5-2-3-7-18-13/h13H,2-10H2,1H3,(H,14,15). The molecule has 1 saturated heterocycles. The molecule has 1 fully saturated rings. The summed E-state index contributed by atoms with van der Waals surface area (Å²) in [5, 5.41) is 2.88. The zero-order valence-corrected chi connectivity index (χ0v) is 13.5. The second kappa shape index (κ2) is 11.3. The first-order chi connectivity index (χ1) is 9.72. The van der Waals surface area contributed by atoms with E-state index in [0.29, 0.717) is 18.1 Å². The number of ether oxygens (including phenoxy) is 2. The minimum atomic E-state index is -0.206. The third kappa shape index (κ3) is 8.71. The van der Waals surface area contributed by atoms with Crippen LogP contribution < -0.4 is 5.32 Å². The molecule has 5 nitrogen and oxygen atoms in total. The zero-order valence-electron chi connectivity index (χ0n) is 11.9. The van der Waals surface area contributed by atoms with E-state index < -0.39 is 0 Å². The summed E-state index contributed by atoms with van der Waals surface area (Å²) in [4.78, 5) is 22.5. The average molecular weight is 321 g/mol. The molecule has 0 aromatic heterocycles. The number of hydrogen-bond acceptors (Lipinski definition) is 6. The Labute approximate surface area is 128 Å². The molecule has 1 atom stereocenters. The molecule has 1 aliphatic rings. The summed E-state index contributed by atoms with van der Waals surface area (Å²) in [5.74, 6) is 1.53. The lowest BCUT2D eigenvalue weighted by Gasteiger charge is -2.21. The van der Waals surface area contributed by atoms with Crippen LogP contribution in [0.15, 0.2) is 0 Å². The molecule has 1 unspecified atom stereocenters. The zero-order chi connectivity index (χ0) is 14.6. The van der Waals surface area contributed by atoms with Gasteiger partial charge in [-0.2, -0.15) is 11.8 Å². The summed E-state index contributed by atoms with van der Waals surface area (Å²) in [6.45, 7) is 1.47. The maximum atomic E-state index is 11.6. The minimum absolute atomic E-state index is 0.0575. The van der Waals surface area contributed by atoms with Gasteiger partial charge in [-0.05, 0) is 31.4 Å². The van der Waals surface area contributed by atoms with Crippen molar-refractivity contribution in [1.82, 2.24) is 5.32 Å². The van der Waals surface area contributed by atoms with Crippen LogP contribution in [0, 0.1) is 0 Å². The van der Waals surface area contributed by atoms with E-state index in [9.17, 15) is 9.59 Å². The van der Waals surface area contributed by atoms with Crippen LogP contribution in [0.2, 0.25) is 0 Å². The first kappa shape index (κ1) is 17.7. The molecule has 0 saturated carbocycles. The predicted octanol–water partition coefficient (Wildman–Crippen LogP) is 1.66. The van der Waals surface area contributed by atoms with E-state index in [4.69, 9.17) is 4.74 Å². The molecule has 0 radical (unpaired) electrons. The Balaban J connectivity index is 1.90. The van der Waals surface area contributed by atoms with Crippen molar-refractivity contribution in [3.8, 4) is 0 Å². The lowest BCUT2D eigenvalue weighted by Crippen LogP contribution is -2.28. The molecule has 0 spiro atoms. The van der Waals surface area contributed by atoms with Crippen molar-refractivity contribution in [2.75, 3.05) is 37.5 Å². The van der Waals surface area contributed by atoms with Gasteiger partial charge in [-0.25, -0.2) is 0 Å². The molecule has 0 aromatic carbocycles. The van der Waals surface area contributed by atoms with E-state index >= 15 is 0 Å². The molecule has 1 aliphatic heterocycles. The molecular weight excluding hydrogens is 298 g/mol. The third-order valence-corrected chi connectivity index (χ3v) is 4.96. The highest BCUT2D eigenvalue weighted by molar-refractivity contribution is 8.00. The molecule has 1 heterocycles. The van der Waals surface area contributed by atoms with Gasteiger partial charge in [-0.3, -0.25) is 9.59 Å². The van der Waals surface area contributed by atoms with Crippen LogP contribution in [0.5, 0.6) is 0 Å². The quantitative estimate of drug-likeness (QED) is 0.515. The van der Waals surface area contributed by atoms with Crippen LogP contribution in [-0.4, -0.2) is 54.8 Å². The van der Waals surface area contributed by atoms with Gasteiger partial charge in [-0.1, -0.05) is 0 Å². The van der Waals surface area contributed by atoms with Crippen molar-refractivity contribution in [2.24, 2.45) is 0 Å². The van der Waals surface area contributed by atoms with Crippen molar-refractivity contribution in [2.45, 2.75) is 31.1 Å². The van der Waals surface area contributed by atoms with E-state index in [2.05, 4.69) is 10.1 Å². The first-order valence-corrected chi connectivity index (χ1v) is 9.07. The Morgan fingerprint density at radius 1 is 1.35 bits per heavy atom. The van der Waals surface area contributed by atoms with Gasteiger partial charge in [-0.15, -0.1) is 11.8 Å². The van der Waals surface area contributed by atoms with Crippen molar-refractivity contribution < 1.29 is 19.1 Å². The second-order valence-corrected chi connectivity index (χ2v) is 6.69. The number of hydrogen-bond donors (Lipinski definition) is 1. The van der Waals surface area contributed by atoms with E-state index in [-0.39, 0.29) is 17.3 Å². The molecular formula is C13H23NO4S2. The molecule has 0 aliphatic carbocycles. The number of nitrogens with one attached hydrogen (secondary N) is 1. The van der Waals surface area contributed by atoms with Crippen molar-refractivity contribution in [1.29, 1.82) is 0 Å². The topological polar surface area (TPSA) is 64.6 Å². The Morgan fingerprint density at radius 3 is 2.90 bits per heavy atom. The third-order valence-electron chi connectivity index (χ3n) is 2.77. The summed E-state index contributed by atoms with van der Waals surface area (Å²) >= 11 is 3.10. The van der Waals surface area contributed by atoms with E-state index in [1.165, 1.54) is 25.3 Å². The largest absolute Gasteiger partial charge is 0.468 e. The highest BCUT2D eigenvalue weighted by Crippen LogP contribution is 2.22. The molecule has 1 N–H and O–H groups in total. The van der Waals surface area contributed by atoms with Gasteiger partial charge < -0.3 is 14.8 Å². The highest BCUT2D eigenvalue weighted by Gasteiger charge is 2.15. The van der Waals surface area contributed by atoms with E-state index in [1.807, 2.05) is 0 Å². The Kier molecular flexibility index (Phi) is 9.96. The molecule has 1 rings (SSSR count). The smallest absolute Gasteiger partial charge is 0.315 e. The van der Waals surface area contributed by atoms with Crippen LogP contribution in [0.25, 0.3) is 0 Å². The molecule has 0 aromatic rings. The number of methoxy groups -OCH3 is 1. The highest BCUT2D eigenvalue weighted by atomic mass is 32.2. The fraction of sp³-hybridized carbons (Fsp3) is 0.846. The summed E-state index contributed by atoms with van der Waals surface area (Å²) in [7, 11) is 1.39. The van der Waals surface area contributed by atoms with Gasteiger partial charge in [0.05, 0.1) is 18.6 Å². The average Bonchev–Trinajstić information content (AvgIpc) is 2.49. The SMILES string of the molecule is COC(=O)CSCCCNC(=O)CSC1CCCCO1. The van der Waals surface area contributed by atoms with Crippen LogP contribution in [-0.2, 0) is 19.1 Å². The maximum Gasteiger partial charge on any atom is 0.315 e. The molecule has 20 heavy (non-hydrogen) atoms. The molecule has 116 valence electrons. The maximum absolute atomic E-state index is 11.6. The van der Waals surface area contributed by atoms with Crippen LogP contribution in [0.3, 0.4) is 0 Å². The number of thioether (sulfide) groups is 2. The van der Waals surface area contributed by atoms with Gasteiger partial charge in [0.2, 0.25) is 5.91 Å². The van der Waals surface area contributed by atoms with Gasteiger partial charge in [0, 0.05) is 13.2 Å². The Bertz CT molecular complexity index is 296. The second-order valence-electron chi connectivity index (χ2n) is 4.44. The Hall–Kier alpha value is -0.400. The predicted molar refractivity (Wildman–Crippen MR) is 83.0 cm³/mol. The van der Waals surface area contributed by atoms with Crippen molar-refractivity contribution in [3.63, 3.8) is 0 Å². The molecule has 1 amide bonds. The molecule has 0 bridgehead atoms. The van der Waals surface area contributed by atoms with Gasteiger partial charge in [0.25, 0.3) is 0 Å². The number of esters is 1. The fourth-order valence-corrected chi connectivity index (χ4v) is 3.42. The normalized spacial score (nSPS) is 18.6. The van der Waals surface area contributed by atoms with Crippen LogP contribution >= 0.6 is 23.5 Å². The van der Waals surface area contributed by atoms with Gasteiger partial charge >= 0.3 is 5.97 Å². The number of amides is 1. The lowest BCUT2D eigenvalue weighted by atomic mass is 10.2. The number of carbonyl (C=O) groups is 2. The number of carbonyl (C=O) groups excluding carboxylic acids is 2. The van der Waals surface area contributed by atoms with Crippen molar-refractivity contribution >= 4 is 35.4 Å². The van der Waals surface area contributed by atoms with Gasteiger partial charge in [0.15, 0.2) is 0 Å². The lowest BCUT2D eigenvalue weighted by molar-refractivity contribution is -0.137. The summed E-state index contributed by atoms with van der Waals surface area (Å²) in [6, 6.07) is 0. The summed E-state index contributed by atoms with van der Waals surface area (Å²) in [5.41, 5.74) is 0.185. The van der Waals surface area contributed by atoms with E-state index in [1.54, 1.807) is 11.8 Å². The van der Waals surface area contributed by atoms with Crippen molar-refractivity contribution in [3.05, 3.63) is 0 Å².